The van der Waals surface area contributed by atoms with E-state index in [2.05, 4.69) is 0 Å². The SMILES string of the molecule is COc1cccc(OC)c1Oc1ccc([N+](=O)[O-])cc1F. The molecule has 0 heterocycles. The maximum atomic E-state index is 13.9. The zero-order valence-electron chi connectivity index (χ0n) is 11.3. The van der Waals surface area contributed by atoms with Gasteiger partial charge < -0.3 is 14.2 Å². The summed E-state index contributed by atoms with van der Waals surface area (Å²) in [5, 5.41) is 10.6. The van der Waals surface area contributed by atoms with Crippen LogP contribution in [0.25, 0.3) is 0 Å². The van der Waals surface area contributed by atoms with Crippen molar-refractivity contribution in [1.29, 1.82) is 0 Å². The Labute approximate surface area is 119 Å². The first-order valence-electron chi connectivity index (χ1n) is 5.89. The molecule has 0 unspecified atom stereocenters. The number of halogens is 1. The second-order valence-electron chi connectivity index (χ2n) is 3.97. The molecule has 2 aromatic rings. The average Bonchev–Trinajstić information content (AvgIpc) is 2.49. The largest absolute Gasteiger partial charge is 0.493 e. The first-order chi connectivity index (χ1) is 10.1. The van der Waals surface area contributed by atoms with Gasteiger partial charge in [-0.2, -0.15) is 0 Å². The number of non-ortho nitro benzene ring substituents is 1. The van der Waals surface area contributed by atoms with Gasteiger partial charge in [0.15, 0.2) is 23.1 Å². The topological polar surface area (TPSA) is 70.8 Å². The van der Waals surface area contributed by atoms with Gasteiger partial charge >= 0.3 is 0 Å². The van der Waals surface area contributed by atoms with Crippen LogP contribution in [0.3, 0.4) is 0 Å². The molecule has 0 aromatic heterocycles. The van der Waals surface area contributed by atoms with Crippen LogP contribution < -0.4 is 14.2 Å². The Morgan fingerprint density at radius 1 is 1.05 bits per heavy atom. The lowest BCUT2D eigenvalue weighted by Gasteiger charge is -2.14. The molecule has 21 heavy (non-hydrogen) atoms. The van der Waals surface area contributed by atoms with E-state index < -0.39 is 10.7 Å². The molecule has 0 saturated carbocycles. The van der Waals surface area contributed by atoms with E-state index in [0.717, 1.165) is 12.1 Å². The maximum absolute atomic E-state index is 13.9. The van der Waals surface area contributed by atoms with Gasteiger partial charge in [0.25, 0.3) is 5.69 Å². The second-order valence-corrected chi connectivity index (χ2v) is 3.97. The molecular formula is C14H12FNO5. The predicted octanol–water partition coefficient (Wildman–Crippen LogP) is 3.54. The van der Waals surface area contributed by atoms with E-state index in [1.165, 1.54) is 20.3 Å². The quantitative estimate of drug-likeness (QED) is 0.623. The Bertz CT molecular complexity index is 652. The number of nitro benzene ring substituents is 1. The summed E-state index contributed by atoms with van der Waals surface area (Å²) in [6, 6.07) is 8.07. The molecule has 6 nitrogen and oxygen atoms in total. The Balaban J connectivity index is 2.40. The molecule has 0 bridgehead atoms. The summed E-state index contributed by atoms with van der Waals surface area (Å²) in [6.07, 6.45) is 0. The van der Waals surface area contributed by atoms with Crippen molar-refractivity contribution in [2.24, 2.45) is 0 Å². The molecule has 0 saturated heterocycles. The van der Waals surface area contributed by atoms with Gasteiger partial charge in [-0.3, -0.25) is 10.1 Å². The first-order valence-corrected chi connectivity index (χ1v) is 5.89. The maximum Gasteiger partial charge on any atom is 0.272 e. The van der Waals surface area contributed by atoms with Crippen LogP contribution in [0.4, 0.5) is 10.1 Å². The highest BCUT2D eigenvalue weighted by atomic mass is 19.1. The number of hydrogen-bond donors (Lipinski definition) is 0. The van der Waals surface area contributed by atoms with Gasteiger partial charge in [0, 0.05) is 6.07 Å². The second kappa shape index (κ2) is 6.08. The minimum atomic E-state index is -0.850. The molecule has 0 radical (unpaired) electrons. The summed E-state index contributed by atoms with van der Waals surface area (Å²) in [5.74, 6) is -0.116. The lowest BCUT2D eigenvalue weighted by molar-refractivity contribution is -0.385. The van der Waals surface area contributed by atoms with Crippen molar-refractivity contribution in [2.75, 3.05) is 14.2 Å². The van der Waals surface area contributed by atoms with Gasteiger partial charge in [-0.15, -0.1) is 0 Å². The minimum absolute atomic E-state index is 0.164. The molecule has 0 fully saturated rings. The summed E-state index contributed by atoms with van der Waals surface area (Å²) in [4.78, 5) is 9.90. The van der Waals surface area contributed by atoms with Gasteiger partial charge in [0.2, 0.25) is 5.75 Å². The number of methoxy groups -OCH3 is 2. The van der Waals surface area contributed by atoms with E-state index in [1.807, 2.05) is 0 Å². The summed E-state index contributed by atoms with van der Waals surface area (Å²) in [6.45, 7) is 0. The summed E-state index contributed by atoms with van der Waals surface area (Å²) < 4.78 is 29.5. The fourth-order valence-corrected chi connectivity index (χ4v) is 1.71. The molecular weight excluding hydrogens is 281 g/mol. The molecule has 7 heteroatoms. The van der Waals surface area contributed by atoms with Crippen molar-refractivity contribution in [2.45, 2.75) is 0 Å². The van der Waals surface area contributed by atoms with Crippen molar-refractivity contribution >= 4 is 5.69 Å². The highest BCUT2D eigenvalue weighted by molar-refractivity contribution is 5.53. The summed E-state index contributed by atoms with van der Waals surface area (Å²) in [5.41, 5.74) is -0.355. The van der Waals surface area contributed by atoms with Crippen LogP contribution >= 0.6 is 0 Å². The van der Waals surface area contributed by atoms with Gasteiger partial charge in [0.05, 0.1) is 25.2 Å². The number of para-hydroxylation sites is 1. The number of hydrogen-bond acceptors (Lipinski definition) is 5. The molecule has 0 amide bonds. The molecule has 2 aromatic carbocycles. The van der Waals surface area contributed by atoms with Crippen LogP contribution in [-0.2, 0) is 0 Å². The third-order valence-corrected chi connectivity index (χ3v) is 2.72. The predicted molar refractivity (Wildman–Crippen MR) is 72.7 cm³/mol. The molecule has 0 aliphatic rings. The third kappa shape index (κ3) is 3.02. The molecule has 0 aliphatic heterocycles. The lowest BCUT2D eigenvalue weighted by atomic mass is 10.2. The fourth-order valence-electron chi connectivity index (χ4n) is 1.71. The number of benzene rings is 2. The van der Waals surface area contributed by atoms with Gasteiger partial charge in [-0.1, -0.05) is 6.07 Å². The third-order valence-electron chi connectivity index (χ3n) is 2.72. The molecule has 0 atom stereocenters. The van der Waals surface area contributed by atoms with Crippen LogP contribution in [0.2, 0.25) is 0 Å². The monoisotopic (exact) mass is 293 g/mol. The number of nitrogens with zero attached hydrogens (tertiary/aromatic N) is 1. The molecule has 0 N–H and O–H groups in total. The van der Waals surface area contributed by atoms with Crippen molar-refractivity contribution in [3.05, 3.63) is 52.3 Å². The van der Waals surface area contributed by atoms with Crippen LogP contribution in [0.15, 0.2) is 36.4 Å². The highest BCUT2D eigenvalue weighted by Crippen LogP contribution is 2.40. The zero-order valence-corrected chi connectivity index (χ0v) is 11.3. The van der Waals surface area contributed by atoms with Crippen molar-refractivity contribution < 1.29 is 23.5 Å². The van der Waals surface area contributed by atoms with Crippen LogP contribution in [0.5, 0.6) is 23.0 Å². The molecule has 2 rings (SSSR count). The van der Waals surface area contributed by atoms with E-state index in [4.69, 9.17) is 14.2 Å². The molecule has 0 aliphatic carbocycles. The summed E-state index contributed by atoms with van der Waals surface area (Å²) >= 11 is 0. The highest BCUT2D eigenvalue weighted by Gasteiger charge is 2.17. The first kappa shape index (κ1) is 14.6. The molecule has 0 spiro atoms. The van der Waals surface area contributed by atoms with E-state index >= 15 is 0 Å². The number of rotatable bonds is 5. The van der Waals surface area contributed by atoms with Crippen LogP contribution in [-0.4, -0.2) is 19.1 Å². The zero-order chi connectivity index (χ0) is 15.4. The number of nitro groups is 1. The summed E-state index contributed by atoms with van der Waals surface area (Å²) in [7, 11) is 2.88. The van der Waals surface area contributed by atoms with E-state index in [9.17, 15) is 14.5 Å². The van der Waals surface area contributed by atoms with Gasteiger partial charge in [-0.25, -0.2) is 4.39 Å². The van der Waals surface area contributed by atoms with Crippen molar-refractivity contribution in [3.63, 3.8) is 0 Å². The van der Waals surface area contributed by atoms with Crippen molar-refractivity contribution in [3.8, 4) is 23.0 Å². The lowest BCUT2D eigenvalue weighted by Crippen LogP contribution is -1.96. The Morgan fingerprint density at radius 2 is 1.67 bits per heavy atom. The standard InChI is InChI=1S/C14H12FNO5/c1-19-12-4-3-5-13(20-2)14(12)21-11-7-6-9(16(17)18)8-10(11)15/h3-8H,1-2H3. The Hall–Kier alpha value is -2.83. The fraction of sp³-hybridized carbons (Fsp3) is 0.143. The van der Waals surface area contributed by atoms with Gasteiger partial charge in [-0.05, 0) is 18.2 Å². The van der Waals surface area contributed by atoms with E-state index in [1.54, 1.807) is 18.2 Å². The molecule has 110 valence electrons. The normalized spacial score (nSPS) is 10.0. The van der Waals surface area contributed by atoms with Crippen LogP contribution in [0, 0.1) is 15.9 Å². The number of ether oxygens (including phenoxy) is 3. The Kier molecular flexibility index (Phi) is 4.22. The van der Waals surface area contributed by atoms with E-state index in [-0.39, 0.29) is 17.2 Å². The van der Waals surface area contributed by atoms with E-state index in [0.29, 0.717) is 11.5 Å². The Morgan fingerprint density at radius 3 is 2.14 bits per heavy atom. The van der Waals surface area contributed by atoms with Crippen molar-refractivity contribution in [1.82, 2.24) is 0 Å². The minimum Gasteiger partial charge on any atom is -0.493 e. The van der Waals surface area contributed by atoms with Crippen LogP contribution in [0.1, 0.15) is 0 Å². The average molecular weight is 293 g/mol. The smallest absolute Gasteiger partial charge is 0.272 e. The van der Waals surface area contributed by atoms with Gasteiger partial charge in [0.1, 0.15) is 0 Å².